The number of hydrogen-bond donors (Lipinski definition) is 0. The van der Waals surface area contributed by atoms with Crippen LogP contribution in [0, 0.1) is 30.1 Å². The summed E-state index contributed by atoms with van der Waals surface area (Å²) in [5, 5.41) is 10.3. The summed E-state index contributed by atoms with van der Waals surface area (Å²) in [6.45, 7) is 8.18. The topological polar surface area (TPSA) is 73.1 Å². The van der Waals surface area contributed by atoms with Gasteiger partial charge in [-0.1, -0.05) is 25.8 Å². The van der Waals surface area contributed by atoms with E-state index in [9.17, 15) is 10.1 Å². The molecule has 4 aliphatic rings. The van der Waals surface area contributed by atoms with Crippen molar-refractivity contribution in [3.05, 3.63) is 47.4 Å². The summed E-state index contributed by atoms with van der Waals surface area (Å²) in [5.41, 5.74) is 5.73. The van der Waals surface area contributed by atoms with Crippen molar-refractivity contribution >= 4 is 17.8 Å². The summed E-state index contributed by atoms with van der Waals surface area (Å²) in [6.07, 6.45) is 13.9. The van der Waals surface area contributed by atoms with Crippen molar-refractivity contribution in [2.75, 3.05) is 24.5 Å². The fraction of sp³-hybridized carbons (Fsp3) is 0.548. The van der Waals surface area contributed by atoms with Crippen molar-refractivity contribution in [3.63, 3.8) is 0 Å². The zero-order valence-electron chi connectivity index (χ0n) is 22.0. The molecule has 3 saturated carbocycles. The van der Waals surface area contributed by atoms with Gasteiger partial charge in [0.25, 0.3) is 0 Å². The Morgan fingerprint density at radius 3 is 2.68 bits per heavy atom. The van der Waals surface area contributed by atoms with Crippen molar-refractivity contribution in [2.24, 2.45) is 11.8 Å². The second kappa shape index (κ2) is 9.93. The monoisotopic (exact) mass is 495 g/mol. The zero-order chi connectivity index (χ0) is 25.5. The first-order valence-electron chi connectivity index (χ1n) is 14.1. The van der Waals surface area contributed by atoms with Gasteiger partial charge in [-0.15, -0.1) is 0 Å². The first kappa shape index (κ1) is 24.2. The molecule has 0 N–H and O–H groups in total. The van der Waals surface area contributed by atoms with Crippen LogP contribution in [0.25, 0.3) is 17.2 Å². The molecule has 6 rings (SSSR count). The van der Waals surface area contributed by atoms with Crippen LogP contribution < -0.4 is 4.90 Å². The van der Waals surface area contributed by atoms with Crippen LogP contribution in [0.5, 0.6) is 0 Å². The quantitative estimate of drug-likeness (QED) is 0.459. The van der Waals surface area contributed by atoms with Crippen LogP contribution in [0.15, 0.2) is 24.9 Å². The van der Waals surface area contributed by atoms with Crippen LogP contribution in [0.3, 0.4) is 0 Å². The number of carbonyl (C=O) groups is 1. The lowest BCUT2D eigenvalue weighted by atomic mass is 9.82. The summed E-state index contributed by atoms with van der Waals surface area (Å²) in [5.74, 6) is 2.93. The van der Waals surface area contributed by atoms with Gasteiger partial charge >= 0.3 is 0 Å². The van der Waals surface area contributed by atoms with Gasteiger partial charge in [0.1, 0.15) is 11.9 Å². The van der Waals surface area contributed by atoms with E-state index in [1.54, 1.807) is 6.08 Å². The minimum absolute atomic E-state index is 0.232. The van der Waals surface area contributed by atoms with E-state index in [1.165, 1.54) is 32.1 Å². The van der Waals surface area contributed by atoms with Crippen LogP contribution in [-0.2, 0) is 4.79 Å². The molecule has 1 amide bonds. The molecule has 192 valence electrons. The molecule has 6 nitrogen and oxygen atoms in total. The Labute approximate surface area is 220 Å². The molecule has 3 aliphatic carbocycles. The molecule has 6 heteroatoms. The van der Waals surface area contributed by atoms with E-state index in [-0.39, 0.29) is 6.04 Å². The smallest absolute Gasteiger partial charge is 0.222 e. The SMILES string of the molecule is C=Cc1cc(-c2c(C3CC3)nc(N3CCN(C(=O)CCC4CCC4)[C@H](C4CC4)C3)c(C#N)c2C)ccn1. The van der Waals surface area contributed by atoms with E-state index in [0.717, 1.165) is 78.7 Å². The second-order valence-electron chi connectivity index (χ2n) is 11.5. The highest BCUT2D eigenvalue weighted by molar-refractivity contribution is 5.79. The average Bonchev–Trinajstić information content (AvgIpc) is 3.80. The molecule has 1 aliphatic heterocycles. The number of amides is 1. The van der Waals surface area contributed by atoms with Crippen molar-refractivity contribution in [2.45, 2.75) is 76.7 Å². The Balaban J connectivity index is 1.30. The number of piperazine rings is 1. The molecule has 2 aromatic rings. The van der Waals surface area contributed by atoms with E-state index < -0.39 is 0 Å². The molecular formula is C31H37N5O. The van der Waals surface area contributed by atoms with Gasteiger partial charge in [-0.05, 0) is 80.2 Å². The Morgan fingerprint density at radius 1 is 1.22 bits per heavy atom. The molecule has 1 atom stereocenters. The third-order valence-corrected chi connectivity index (χ3v) is 9.01. The number of carbonyl (C=O) groups excluding carboxylic acids is 1. The molecule has 0 spiro atoms. The molecule has 0 radical (unpaired) electrons. The Morgan fingerprint density at radius 2 is 2.03 bits per heavy atom. The number of pyridine rings is 2. The van der Waals surface area contributed by atoms with Gasteiger partial charge < -0.3 is 9.80 Å². The zero-order valence-corrected chi connectivity index (χ0v) is 22.0. The van der Waals surface area contributed by atoms with Gasteiger partial charge in [-0.25, -0.2) is 4.98 Å². The van der Waals surface area contributed by atoms with E-state index >= 15 is 0 Å². The number of nitriles is 1. The highest BCUT2D eigenvalue weighted by Gasteiger charge is 2.42. The molecule has 3 heterocycles. The largest absolute Gasteiger partial charge is 0.352 e. The highest BCUT2D eigenvalue weighted by Crippen LogP contribution is 2.47. The van der Waals surface area contributed by atoms with Crippen molar-refractivity contribution in [3.8, 4) is 17.2 Å². The van der Waals surface area contributed by atoms with Crippen LogP contribution in [0.4, 0.5) is 5.82 Å². The van der Waals surface area contributed by atoms with Crippen molar-refractivity contribution in [1.82, 2.24) is 14.9 Å². The maximum absolute atomic E-state index is 13.2. The standard InChI is InChI=1S/C31H37N5O/c1-3-25-17-24(13-14-33-25)29-20(2)26(18-32)31(34-30(29)23-10-11-23)35-15-16-36(27(19-35)22-8-9-22)28(37)12-7-21-5-4-6-21/h3,13-14,17,21-23,27H,1,4-12,15-16,19H2,2H3/t27-/m0/s1. The van der Waals surface area contributed by atoms with E-state index in [4.69, 9.17) is 4.98 Å². The molecule has 37 heavy (non-hydrogen) atoms. The number of rotatable bonds is 8. The van der Waals surface area contributed by atoms with Gasteiger partial charge in [-0.3, -0.25) is 9.78 Å². The van der Waals surface area contributed by atoms with Crippen LogP contribution in [-0.4, -0.2) is 46.5 Å². The lowest BCUT2D eigenvalue weighted by Gasteiger charge is -2.43. The first-order chi connectivity index (χ1) is 18.1. The first-order valence-corrected chi connectivity index (χ1v) is 14.1. The third kappa shape index (κ3) is 4.77. The number of anilines is 1. The van der Waals surface area contributed by atoms with Crippen LogP contribution in [0.2, 0.25) is 0 Å². The van der Waals surface area contributed by atoms with Crippen molar-refractivity contribution < 1.29 is 4.79 Å². The summed E-state index contributed by atoms with van der Waals surface area (Å²) < 4.78 is 0. The van der Waals surface area contributed by atoms with Gasteiger partial charge in [-0.2, -0.15) is 5.26 Å². The molecule has 0 unspecified atom stereocenters. The lowest BCUT2D eigenvalue weighted by molar-refractivity contribution is -0.135. The Kier molecular flexibility index (Phi) is 6.48. The predicted octanol–water partition coefficient (Wildman–Crippen LogP) is 5.85. The third-order valence-electron chi connectivity index (χ3n) is 9.01. The molecule has 0 bridgehead atoms. The van der Waals surface area contributed by atoms with E-state index in [1.807, 2.05) is 18.3 Å². The van der Waals surface area contributed by atoms with E-state index in [0.29, 0.717) is 29.7 Å². The fourth-order valence-electron chi connectivity index (χ4n) is 6.25. The van der Waals surface area contributed by atoms with Crippen LogP contribution >= 0.6 is 0 Å². The summed E-state index contributed by atoms with van der Waals surface area (Å²) in [6, 6.07) is 6.79. The number of hydrogen-bond acceptors (Lipinski definition) is 5. The maximum atomic E-state index is 13.2. The number of aromatic nitrogens is 2. The lowest BCUT2D eigenvalue weighted by Crippen LogP contribution is -2.56. The second-order valence-corrected chi connectivity index (χ2v) is 11.5. The van der Waals surface area contributed by atoms with Gasteiger partial charge in [0.15, 0.2) is 0 Å². The van der Waals surface area contributed by atoms with Gasteiger partial charge in [0, 0.05) is 43.7 Å². The fourth-order valence-corrected chi connectivity index (χ4v) is 6.25. The Bertz CT molecular complexity index is 1250. The minimum atomic E-state index is 0.232. The normalized spacial score (nSPS) is 21.9. The molecule has 4 fully saturated rings. The highest BCUT2D eigenvalue weighted by atomic mass is 16.2. The average molecular weight is 496 g/mol. The summed E-state index contributed by atoms with van der Waals surface area (Å²) >= 11 is 0. The predicted molar refractivity (Wildman–Crippen MR) is 146 cm³/mol. The molecular weight excluding hydrogens is 458 g/mol. The van der Waals surface area contributed by atoms with Crippen LogP contribution in [0.1, 0.15) is 86.2 Å². The van der Waals surface area contributed by atoms with Gasteiger partial charge in [0.2, 0.25) is 5.91 Å². The van der Waals surface area contributed by atoms with Crippen molar-refractivity contribution in [1.29, 1.82) is 5.26 Å². The maximum Gasteiger partial charge on any atom is 0.222 e. The van der Waals surface area contributed by atoms with E-state index in [2.05, 4.69) is 34.4 Å². The minimum Gasteiger partial charge on any atom is -0.352 e. The van der Waals surface area contributed by atoms with Gasteiger partial charge in [0.05, 0.1) is 23.0 Å². The Hall–Kier alpha value is -3.20. The molecule has 1 saturated heterocycles. The summed E-state index contributed by atoms with van der Waals surface area (Å²) in [7, 11) is 0. The number of nitrogens with zero attached hydrogens (tertiary/aromatic N) is 5. The summed E-state index contributed by atoms with van der Waals surface area (Å²) in [4.78, 5) is 27.3. The molecule has 0 aromatic carbocycles. The molecule has 2 aromatic heterocycles.